The molecular formula is C22H29ClN2O4. The second kappa shape index (κ2) is 11.0. The fourth-order valence-electron chi connectivity index (χ4n) is 2.83. The van der Waals surface area contributed by atoms with Gasteiger partial charge in [0.15, 0.2) is 0 Å². The monoisotopic (exact) mass is 420 g/mol. The molecule has 0 aliphatic heterocycles. The number of amides is 2. The molecule has 0 aliphatic carbocycles. The van der Waals surface area contributed by atoms with Gasteiger partial charge in [-0.3, -0.25) is 9.59 Å². The van der Waals surface area contributed by atoms with E-state index < -0.39 is 5.41 Å². The van der Waals surface area contributed by atoms with Gasteiger partial charge in [0.05, 0.1) is 31.4 Å². The van der Waals surface area contributed by atoms with Gasteiger partial charge in [0.2, 0.25) is 11.8 Å². The van der Waals surface area contributed by atoms with E-state index >= 15 is 0 Å². The second-order valence-electron chi connectivity index (χ2n) is 7.55. The van der Waals surface area contributed by atoms with E-state index in [2.05, 4.69) is 0 Å². The van der Waals surface area contributed by atoms with Gasteiger partial charge in [0, 0.05) is 26.1 Å². The van der Waals surface area contributed by atoms with Gasteiger partial charge < -0.3 is 19.0 Å². The van der Waals surface area contributed by atoms with E-state index in [-0.39, 0.29) is 24.2 Å². The summed E-state index contributed by atoms with van der Waals surface area (Å²) in [6.45, 7) is 4.91. The Hall–Kier alpha value is -2.31. The molecule has 2 aromatic rings. The van der Waals surface area contributed by atoms with Crippen LogP contribution in [-0.4, -0.2) is 54.3 Å². The number of rotatable bonds is 11. The first kappa shape index (κ1) is 23.0. The molecule has 0 atom stereocenters. The highest BCUT2D eigenvalue weighted by Crippen LogP contribution is 2.21. The minimum absolute atomic E-state index is 0.0456. The number of hydrogen-bond acceptors (Lipinski definition) is 4. The number of hydrogen-bond donors (Lipinski definition) is 0. The zero-order chi connectivity index (χ0) is 21.3. The third-order valence-electron chi connectivity index (χ3n) is 4.59. The summed E-state index contributed by atoms with van der Waals surface area (Å²) in [5, 5.41) is 0. The first-order valence-corrected chi connectivity index (χ1v) is 10.1. The Kier molecular flexibility index (Phi) is 8.73. The van der Waals surface area contributed by atoms with E-state index in [1.165, 1.54) is 4.90 Å². The van der Waals surface area contributed by atoms with Crippen LogP contribution in [0.5, 0.6) is 0 Å². The molecule has 0 spiro atoms. The van der Waals surface area contributed by atoms with Crippen LogP contribution in [0.3, 0.4) is 0 Å². The van der Waals surface area contributed by atoms with Crippen LogP contribution in [0.2, 0.25) is 0 Å². The van der Waals surface area contributed by atoms with Crippen LogP contribution in [0.1, 0.15) is 25.2 Å². The molecule has 6 nitrogen and oxygen atoms in total. The van der Waals surface area contributed by atoms with E-state index in [4.69, 9.17) is 20.8 Å². The van der Waals surface area contributed by atoms with Gasteiger partial charge in [-0.2, -0.15) is 0 Å². The molecule has 0 aliphatic rings. The molecule has 0 radical (unpaired) electrons. The molecule has 7 heteroatoms. The molecule has 0 fully saturated rings. The molecule has 0 bridgehead atoms. The van der Waals surface area contributed by atoms with Gasteiger partial charge >= 0.3 is 0 Å². The maximum Gasteiger partial charge on any atom is 0.242 e. The Morgan fingerprint density at radius 1 is 1.07 bits per heavy atom. The highest BCUT2D eigenvalue weighted by molar-refractivity contribution is 6.19. The van der Waals surface area contributed by atoms with Crippen molar-refractivity contribution < 1.29 is 18.7 Å². The number of methoxy groups -OCH3 is 1. The molecule has 0 N–H and O–H groups in total. The molecule has 1 aromatic carbocycles. The largest absolute Gasteiger partial charge is 0.467 e. The lowest BCUT2D eigenvalue weighted by Crippen LogP contribution is -2.48. The van der Waals surface area contributed by atoms with Crippen LogP contribution in [0, 0.1) is 5.41 Å². The summed E-state index contributed by atoms with van der Waals surface area (Å²) in [5.74, 6) is 0.518. The van der Waals surface area contributed by atoms with Crippen molar-refractivity contribution in [1.82, 2.24) is 9.80 Å². The van der Waals surface area contributed by atoms with Crippen LogP contribution in [0.25, 0.3) is 0 Å². The van der Waals surface area contributed by atoms with Crippen LogP contribution in [0.4, 0.5) is 0 Å². The zero-order valence-electron chi connectivity index (χ0n) is 17.3. The van der Waals surface area contributed by atoms with Crippen LogP contribution < -0.4 is 0 Å². The lowest BCUT2D eigenvalue weighted by molar-refractivity contribution is -0.146. The molecule has 2 amide bonds. The van der Waals surface area contributed by atoms with Gasteiger partial charge in [-0.1, -0.05) is 30.3 Å². The summed E-state index contributed by atoms with van der Waals surface area (Å²) in [6, 6.07) is 13.3. The predicted octanol–water partition coefficient (Wildman–Crippen LogP) is 3.55. The van der Waals surface area contributed by atoms with Gasteiger partial charge in [0.25, 0.3) is 0 Å². The van der Waals surface area contributed by atoms with Crippen molar-refractivity contribution in [3.63, 3.8) is 0 Å². The number of furan rings is 1. The van der Waals surface area contributed by atoms with Crippen molar-refractivity contribution in [3.8, 4) is 0 Å². The van der Waals surface area contributed by atoms with Crippen molar-refractivity contribution in [2.45, 2.75) is 26.9 Å². The zero-order valence-corrected chi connectivity index (χ0v) is 18.0. The predicted molar refractivity (Wildman–Crippen MR) is 112 cm³/mol. The van der Waals surface area contributed by atoms with Crippen molar-refractivity contribution >= 4 is 23.4 Å². The fraction of sp³-hybridized carbons (Fsp3) is 0.455. The van der Waals surface area contributed by atoms with Crippen molar-refractivity contribution in [1.29, 1.82) is 0 Å². The summed E-state index contributed by atoms with van der Waals surface area (Å²) >= 11 is 5.98. The summed E-state index contributed by atoms with van der Waals surface area (Å²) in [6.07, 6.45) is 1.58. The number of benzene rings is 1. The summed E-state index contributed by atoms with van der Waals surface area (Å²) in [7, 11) is 1.57. The van der Waals surface area contributed by atoms with E-state index in [1.54, 1.807) is 38.2 Å². The lowest BCUT2D eigenvalue weighted by Gasteiger charge is -2.32. The summed E-state index contributed by atoms with van der Waals surface area (Å²) in [4.78, 5) is 29.3. The molecule has 0 saturated carbocycles. The summed E-state index contributed by atoms with van der Waals surface area (Å²) < 4.78 is 10.6. The molecule has 0 saturated heterocycles. The minimum atomic E-state index is -0.763. The van der Waals surface area contributed by atoms with E-state index in [9.17, 15) is 9.59 Å². The second-order valence-corrected chi connectivity index (χ2v) is 7.82. The van der Waals surface area contributed by atoms with E-state index in [1.807, 2.05) is 36.4 Å². The van der Waals surface area contributed by atoms with Crippen molar-refractivity contribution in [2.24, 2.45) is 5.41 Å². The first-order chi connectivity index (χ1) is 13.9. The van der Waals surface area contributed by atoms with Crippen molar-refractivity contribution in [2.75, 3.05) is 32.7 Å². The molecule has 1 aromatic heterocycles. The summed E-state index contributed by atoms with van der Waals surface area (Å²) in [5.41, 5.74) is 0.240. The van der Waals surface area contributed by atoms with Crippen molar-refractivity contribution in [3.05, 3.63) is 60.1 Å². The third-order valence-corrected chi connectivity index (χ3v) is 5.26. The van der Waals surface area contributed by atoms with Crippen LogP contribution >= 0.6 is 11.6 Å². The van der Waals surface area contributed by atoms with E-state index in [0.29, 0.717) is 32.0 Å². The van der Waals surface area contributed by atoms with Gasteiger partial charge in [-0.05, 0) is 31.5 Å². The van der Waals surface area contributed by atoms with Gasteiger partial charge in [0.1, 0.15) is 5.76 Å². The number of halogens is 1. The normalized spacial score (nSPS) is 11.3. The Labute approximate surface area is 177 Å². The first-order valence-electron chi connectivity index (χ1n) is 9.55. The number of alkyl halides is 1. The van der Waals surface area contributed by atoms with Crippen LogP contribution in [-0.2, 0) is 27.4 Å². The average molecular weight is 421 g/mol. The average Bonchev–Trinajstić information content (AvgIpc) is 3.23. The van der Waals surface area contributed by atoms with Crippen LogP contribution in [0.15, 0.2) is 53.1 Å². The number of carbonyl (C=O) groups is 2. The molecule has 29 heavy (non-hydrogen) atoms. The standard InChI is InChI=1S/C22H29ClN2O4/c1-22(2,17-23)21(27)24(11-13-28-3)16-20(26)25(15-19-10-7-12-29-19)14-18-8-5-4-6-9-18/h4-10,12H,11,13-17H2,1-3H3. The number of ether oxygens (including phenoxy) is 1. The van der Waals surface area contributed by atoms with E-state index in [0.717, 1.165) is 5.56 Å². The maximum absolute atomic E-state index is 13.2. The SMILES string of the molecule is COCCN(CC(=O)N(Cc1ccccc1)Cc1ccco1)C(=O)C(C)(C)CCl. The Balaban J connectivity index is 2.18. The van der Waals surface area contributed by atoms with Gasteiger partial charge in [-0.15, -0.1) is 11.6 Å². The molecule has 0 unspecified atom stereocenters. The Morgan fingerprint density at radius 3 is 2.38 bits per heavy atom. The smallest absolute Gasteiger partial charge is 0.242 e. The maximum atomic E-state index is 13.2. The number of carbonyl (C=O) groups excluding carboxylic acids is 2. The Bertz CT molecular complexity index is 762. The van der Waals surface area contributed by atoms with Gasteiger partial charge in [-0.25, -0.2) is 0 Å². The molecular weight excluding hydrogens is 392 g/mol. The Morgan fingerprint density at radius 2 is 1.79 bits per heavy atom. The lowest BCUT2D eigenvalue weighted by atomic mass is 9.94. The topological polar surface area (TPSA) is 63.0 Å². The highest BCUT2D eigenvalue weighted by Gasteiger charge is 2.33. The molecule has 158 valence electrons. The highest BCUT2D eigenvalue weighted by atomic mass is 35.5. The third kappa shape index (κ3) is 6.91. The molecule has 1 heterocycles. The fourth-order valence-corrected chi connectivity index (χ4v) is 2.94. The minimum Gasteiger partial charge on any atom is -0.467 e. The molecule has 2 rings (SSSR count). The quantitative estimate of drug-likeness (QED) is 0.521. The number of nitrogens with zero attached hydrogens (tertiary/aromatic N) is 2.